The smallest absolute Gasteiger partial charge is 0.242 e. The zero-order valence-corrected chi connectivity index (χ0v) is 12.8. The molecule has 6 heteroatoms. The molecule has 1 rings (SSSR count). The Labute approximate surface area is 124 Å². The summed E-state index contributed by atoms with van der Waals surface area (Å²) < 4.78 is 13.0. The van der Waals surface area contributed by atoms with Crippen molar-refractivity contribution in [2.24, 2.45) is 0 Å². The predicted molar refractivity (Wildman–Crippen MR) is 79.1 cm³/mol. The third kappa shape index (κ3) is 5.51. The highest BCUT2D eigenvalue weighted by atomic mass is 19.1. The first-order chi connectivity index (χ1) is 9.81. The second kappa shape index (κ2) is 7.73. The molecule has 116 valence electrons. The van der Waals surface area contributed by atoms with Crippen molar-refractivity contribution < 1.29 is 14.0 Å². The van der Waals surface area contributed by atoms with E-state index in [0.717, 1.165) is 0 Å². The number of carbonyl (C=O) groups is 2. The summed E-state index contributed by atoms with van der Waals surface area (Å²) in [7, 11) is 3.50. The van der Waals surface area contributed by atoms with Gasteiger partial charge in [-0.15, -0.1) is 0 Å². The summed E-state index contributed by atoms with van der Waals surface area (Å²) in [5, 5.41) is 5.29. The second-order valence-corrected chi connectivity index (χ2v) is 5.36. The van der Waals surface area contributed by atoms with Gasteiger partial charge in [0.15, 0.2) is 0 Å². The van der Waals surface area contributed by atoms with E-state index in [0.29, 0.717) is 5.56 Å². The molecule has 21 heavy (non-hydrogen) atoms. The Hall–Kier alpha value is -1.95. The van der Waals surface area contributed by atoms with E-state index >= 15 is 0 Å². The van der Waals surface area contributed by atoms with Crippen LogP contribution in [0.25, 0.3) is 0 Å². The Morgan fingerprint density at radius 3 is 2.24 bits per heavy atom. The Bertz CT molecular complexity index is 486. The van der Waals surface area contributed by atoms with Gasteiger partial charge in [0.2, 0.25) is 11.8 Å². The van der Waals surface area contributed by atoms with Crippen LogP contribution in [0.5, 0.6) is 0 Å². The first kappa shape index (κ1) is 17.1. The molecule has 0 aromatic heterocycles. The van der Waals surface area contributed by atoms with Crippen LogP contribution in [-0.2, 0) is 9.59 Å². The fourth-order valence-electron chi connectivity index (χ4n) is 1.97. The van der Waals surface area contributed by atoms with Crippen molar-refractivity contribution in [3.8, 4) is 0 Å². The SMILES string of the molecule is CC(C)NC(=O)CNC(=O)C(c1ccc(F)cc1)N(C)C. The minimum Gasteiger partial charge on any atom is -0.352 e. The first-order valence-electron chi connectivity index (χ1n) is 6.80. The van der Waals surface area contributed by atoms with Gasteiger partial charge in [0, 0.05) is 6.04 Å². The molecular formula is C15H22FN3O2. The molecule has 0 radical (unpaired) electrons. The van der Waals surface area contributed by atoms with Crippen LogP contribution in [0, 0.1) is 5.82 Å². The number of carbonyl (C=O) groups excluding carboxylic acids is 2. The van der Waals surface area contributed by atoms with Gasteiger partial charge in [-0.1, -0.05) is 12.1 Å². The van der Waals surface area contributed by atoms with Crippen LogP contribution in [0.1, 0.15) is 25.5 Å². The lowest BCUT2D eigenvalue weighted by atomic mass is 10.1. The molecule has 2 N–H and O–H groups in total. The molecule has 0 saturated heterocycles. The molecule has 0 fully saturated rings. The molecular weight excluding hydrogens is 273 g/mol. The van der Waals surface area contributed by atoms with Gasteiger partial charge in [-0.25, -0.2) is 4.39 Å². The lowest BCUT2D eigenvalue weighted by Gasteiger charge is -2.23. The largest absolute Gasteiger partial charge is 0.352 e. The predicted octanol–water partition coefficient (Wildman–Crippen LogP) is 1.07. The third-order valence-electron chi connectivity index (χ3n) is 2.82. The van der Waals surface area contributed by atoms with Gasteiger partial charge in [-0.05, 0) is 45.6 Å². The molecule has 1 aromatic rings. The number of nitrogens with zero attached hydrogens (tertiary/aromatic N) is 1. The van der Waals surface area contributed by atoms with Gasteiger partial charge in [0.25, 0.3) is 0 Å². The van der Waals surface area contributed by atoms with Gasteiger partial charge >= 0.3 is 0 Å². The highest BCUT2D eigenvalue weighted by Gasteiger charge is 2.23. The van der Waals surface area contributed by atoms with E-state index in [-0.39, 0.29) is 30.2 Å². The van der Waals surface area contributed by atoms with E-state index in [1.54, 1.807) is 31.1 Å². The minimum atomic E-state index is -0.572. The maximum Gasteiger partial charge on any atom is 0.242 e. The number of hydrogen-bond acceptors (Lipinski definition) is 3. The summed E-state index contributed by atoms with van der Waals surface area (Å²) in [5.74, 6) is -0.895. The first-order valence-corrected chi connectivity index (χ1v) is 6.80. The van der Waals surface area contributed by atoms with Gasteiger partial charge in [0.1, 0.15) is 11.9 Å². The maximum absolute atomic E-state index is 13.0. The zero-order valence-electron chi connectivity index (χ0n) is 12.8. The van der Waals surface area contributed by atoms with E-state index in [2.05, 4.69) is 10.6 Å². The average Bonchev–Trinajstić information content (AvgIpc) is 2.38. The molecule has 1 unspecified atom stereocenters. The molecule has 5 nitrogen and oxygen atoms in total. The Morgan fingerprint density at radius 2 is 1.76 bits per heavy atom. The number of benzene rings is 1. The van der Waals surface area contributed by atoms with E-state index in [1.165, 1.54) is 12.1 Å². The van der Waals surface area contributed by atoms with Crippen LogP contribution in [0.3, 0.4) is 0 Å². The Balaban J connectivity index is 2.70. The number of likely N-dealkylation sites (N-methyl/N-ethyl adjacent to an activating group) is 1. The van der Waals surface area contributed by atoms with Gasteiger partial charge in [0.05, 0.1) is 6.54 Å². The van der Waals surface area contributed by atoms with Crippen molar-refractivity contribution in [1.82, 2.24) is 15.5 Å². The van der Waals surface area contributed by atoms with E-state index in [4.69, 9.17) is 0 Å². The lowest BCUT2D eigenvalue weighted by Crippen LogP contribution is -2.43. The fraction of sp³-hybridized carbons (Fsp3) is 0.467. The van der Waals surface area contributed by atoms with E-state index in [9.17, 15) is 14.0 Å². The molecule has 1 atom stereocenters. The summed E-state index contributed by atoms with van der Waals surface area (Å²) >= 11 is 0. The normalized spacial score (nSPS) is 12.3. The molecule has 0 saturated carbocycles. The maximum atomic E-state index is 13.0. The summed E-state index contributed by atoms with van der Waals surface area (Å²) in [5.41, 5.74) is 0.670. The summed E-state index contributed by atoms with van der Waals surface area (Å²) in [4.78, 5) is 25.5. The molecule has 0 heterocycles. The van der Waals surface area contributed by atoms with Crippen LogP contribution >= 0.6 is 0 Å². The molecule has 0 aliphatic carbocycles. The van der Waals surface area contributed by atoms with Crippen molar-refractivity contribution in [2.45, 2.75) is 25.9 Å². The second-order valence-electron chi connectivity index (χ2n) is 5.36. The Morgan fingerprint density at radius 1 is 1.19 bits per heavy atom. The summed E-state index contributed by atoms with van der Waals surface area (Å²) in [6.45, 7) is 3.62. The number of nitrogens with one attached hydrogen (secondary N) is 2. The molecule has 0 bridgehead atoms. The van der Waals surface area contributed by atoms with E-state index in [1.807, 2.05) is 13.8 Å². The van der Waals surface area contributed by atoms with Crippen LogP contribution in [-0.4, -0.2) is 43.4 Å². The minimum absolute atomic E-state index is 0.0242. The van der Waals surface area contributed by atoms with Gasteiger partial charge in [-0.3, -0.25) is 14.5 Å². The van der Waals surface area contributed by atoms with Crippen LogP contribution < -0.4 is 10.6 Å². The highest BCUT2D eigenvalue weighted by molar-refractivity contribution is 5.88. The zero-order chi connectivity index (χ0) is 16.0. The van der Waals surface area contributed by atoms with Crippen LogP contribution in [0.15, 0.2) is 24.3 Å². The number of halogens is 1. The number of rotatable bonds is 6. The summed E-state index contributed by atoms with van der Waals surface area (Å²) in [6, 6.07) is 5.20. The molecule has 2 amide bonds. The fourth-order valence-corrected chi connectivity index (χ4v) is 1.97. The van der Waals surface area contributed by atoms with Crippen molar-refractivity contribution in [1.29, 1.82) is 0 Å². The highest BCUT2D eigenvalue weighted by Crippen LogP contribution is 2.18. The lowest BCUT2D eigenvalue weighted by molar-refractivity contribution is -0.129. The standard InChI is InChI=1S/C15H22FN3O2/c1-10(2)18-13(20)9-17-15(21)14(19(3)4)11-5-7-12(16)8-6-11/h5-8,10,14H,9H2,1-4H3,(H,17,21)(H,18,20). The molecule has 1 aromatic carbocycles. The number of hydrogen-bond donors (Lipinski definition) is 2. The molecule has 0 spiro atoms. The quantitative estimate of drug-likeness (QED) is 0.825. The van der Waals surface area contributed by atoms with Crippen molar-refractivity contribution in [3.63, 3.8) is 0 Å². The summed E-state index contributed by atoms with van der Waals surface area (Å²) in [6.07, 6.45) is 0. The average molecular weight is 295 g/mol. The van der Waals surface area contributed by atoms with Gasteiger partial charge < -0.3 is 10.6 Å². The Kier molecular flexibility index (Phi) is 6.30. The number of amides is 2. The third-order valence-corrected chi connectivity index (χ3v) is 2.82. The van der Waals surface area contributed by atoms with Crippen molar-refractivity contribution >= 4 is 11.8 Å². The molecule has 0 aliphatic rings. The van der Waals surface area contributed by atoms with E-state index < -0.39 is 6.04 Å². The topological polar surface area (TPSA) is 61.4 Å². The van der Waals surface area contributed by atoms with Crippen LogP contribution in [0.4, 0.5) is 4.39 Å². The monoisotopic (exact) mass is 295 g/mol. The van der Waals surface area contributed by atoms with Crippen molar-refractivity contribution in [3.05, 3.63) is 35.6 Å². The van der Waals surface area contributed by atoms with Crippen molar-refractivity contribution in [2.75, 3.05) is 20.6 Å². The van der Waals surface area contributed by atoms with Crippen LogP contribution in [0.2, 0.25) is 0 Å². The van der Waals surface area contributed by atoms with Gasteiger partial charge in [-0.2, -0.15) is 0 Å². The molecule has 0 aliphatic heterocycles.